The Bertz CT molecular complexity index is 599. The molecule has 0 aromatic rings. The van der Waals surface area contributed by atoms with Gasteiger partial charge in [0.05, 0.1) is 6.07 Å². The number of nitriles is 1. The summed E-state index contributed by atoms with van der Waals surface area (Å²) in [4.78, 5) is 26.8. The number of Topliss-reactive ketones (excluding diaryl/α,β-unsaturated/α-hetero) is 1. The third-order valence-electron chi connectivity index (χ3n) is 6.21. The second-order valence-electron chi connectivity index (χ2n) is 9.70. The molecule has 5 nitrogen and oxygen atoms in total. The van der Waals surface area contributed by atoms with E-state index in [1.54, 1.807) is 11.9 Å². The van der Waals surface area contributed by atoms with Crippen LogP contribution >= 0.6 is 0 Å². The molecule has 0 radical (unpaired) electrons. The first-order valence-electron chi connectivity index (χ1n) is 9.21. The molecule has 0 N–H and O–H groups in total. The number of hydrogen-bond donors (Lipinski definition) is 0. The molecule has 2 fully saturated rings. The maximum Gasteiger partial charge on any atom is 0.410 e. The Balaban J connectivity index is 2.20. The normalized spacial score (nSPS) is 34.6. The lowest BCUT2D eigenvalue weighted by Gasteiger charge is -2.56. The topological polar surface area (TPSA) is 70.4 Å². The van der Waals surface area contributed by atoms with Crippen molar-refractivity contribution >= 4 is 11.9 Å². The lowest BCUT2D eigenvalue weighted by molar-refractivity contribution is -0.149. The van der Waals surface area contributed by atoms with Crippen LogP contribution in [0.4, 0.5) is 4.79 Å². The highest BCUT2D eigenvalue weighted by atomic mass is 16.6. The summed E-state index contributed by atoms with van der Waals surface area (Å²) >= 11 is 0. The van der Waals surface area contributed by atoms with Gasteiger partial charge in [-0.25, -0.2) is 4.79 Å². The summed E-state index contributed by atoms with van der Waals surface area (Å²) in [6, 6.07) is 2.29. The SMILES string of the molecule is CN(C(=O)OC(C)(C)C)C1CCC2C(C)(CC(C#N)C(=O)C2(C)C)C1. The zero-order chi connectivity index (χ0) is 19.2. The average molecular weight is 348 g/mol. The molecule has 0 aromatic heterocycles. The molecule has 2 saturated carbocycles. The van der Waals surface area contributed by atoms with Crippen molar-refractivity contribution in [1.82, 2.24) is 4.90 Å². The van der Waals surface area contributed by atoms with Gasteiger partial charge in [-0.15, -0.1) is 0 Å². The van der Waals surface area contributed by atoms with Crippen molar-refractivity contribution in [3.8, 4) is 6.07 Å². The van der Waals surface area contributed by atoms with E-state index in [9.17, 15) is 14.9 Å². The van der Waals surface area contributed by atoms with Gasteiger partial charge in [-0.2, -0.15) is 5.26 Å². The van der Waals surface area contributed by atoms with E-state index in [2.05, 4.69) is 13.0 Å². The van der Waals surface area contributed by atoms with E-state index in [1.165, 1.54) is 0 Å². The van der Waals surface area contributed by atoms with Gasteiger partial charge in [0, 0.05) is 18.5 Å². The first kappa shape index (κ1) is 19.8. The highest BCUT2D eigenvalue weighted by Gasteiger charge is 2.57. The van der Waals surface area contributed by atoms with E-state index in [0.717, 1.165) is 19.3 Å². The lowest BCUT2D eigenvalue weighted by atomic mass is 9.48. The van der Waals surface area contributed by atoms with Crippen molar-refractivity contribution in [1.29, 1.82) is 5.26 Å². The second-order valence-corrected chi connectivity index (χ2v) is 9.70. The molecular weight excluding hydrogens is 316 g/mol. The molecule has 0 aliphatic heterocycles. The maximum absolute atomic E-state index is 12.6. The largest absolute Gasteiger partial charge is 0.444 e. The van der Waals surface area contributed by atoms with Crippen LogP contribution in [0.1, 0.15) is 67.2 Å². The van der Waals surface area contributed by atoms with E-state index in [1.807, 2.05) is 34.6 Å². The molecular formula is C20H32N2O3. The van der Waals surface area contributed by atoms with Crippen molar-refractivity contribution < 1.29 is 14.3 Å². The summed E-state index contributed by atoms with van der Waals surface area (Å²) in [5.74, 6) is -0.210. The zero-order valence-electron chi connectivity index (χ0n) is 16.7. The monoisotopic (exact) mass is 348 g/mol. The second kappa shape index (κ2) is 6.30. The first-order chi connectivity index (χ1) is 11.3. The molecule has 4 atom stereocenters. The number of nitrogens with zero attached hydrogens (tertiary/aromatic N) is 2. The average Bonchev–Trinajstić information content (AvgIpc) is 2.48. The van der Waals surface area contributed by atoms with Crippen LogP contribution in [0.25, 0.3) is 0 Å². The fraction of sp³-hybridized carbons (Fsp3) is 0.850. The Morgan fingerprint density at radius 2 is 1.84 bits per heavy atom. The van der Waals surface area contributed by atoms with E-state index in [-0.39, 0.29) is 29.3 Å². The predicted molar refractivity (Wildman–Crippen MR) is 95.7 cm³/mol. The maximum atomic E-state index is 12.6. The van der Waals surface area contributed by atoms with Gasteiger partial charge in [0.15, 0.2) is 5.78 Å². The standard InChI is InChI=1S/C20H32N2O3/c1-18(2,3)25-17(24)22(7)14-8-9-15-19(4,5)16(23)13(12-21)10-20(15,6)11-14/h13-15H,8-11H2,1-7H3. The van der Waals surface area contributed by atoms with Crippen LogP contribution in [0, 0.1) is 34.0 Å². The summed E-state index contributed by atoms with van der Waals surface area (Å²) in [6.07, 6.45) is 2.86. The van der Waals surface area contributed by atoms with Crippen LogP contribution in [-0.4, -0.2) is 35.5 Å². The molecule has 1 amide bonds. The van der Waals surface area contributed by atoms with Gasteiger partial charge in [0.1, 0.15) is 11.5 Å². The first-order valence-corrected chi connectivity index (χ1v) is 9.21. The fourth-order valence-electron chi connectivity index (χ4n) is 5.05. The lowest BCUT2D eigenvalue weighted by Crippen LogP contribution is -2.56. The van der Waals surface area contributed by atoms with Gasteiger partial charge in [-0.05, 0) is 57.8 Å². The third kappa shape index (κ3) is 3.68. The van der Waals surface area contributed by atoms with Gasteiger partial charge in [-0.3, -0.25) is 4.79 Å². The van der Waals surface area contributed by atoms with Crippen LogP contribution in [-0.2, 0) is 9.53 Å². The van der Waals surface area contributed by atoms with E-state index in [4.69, 9.17) is 4.74 Å². The Labute approximate surface area is 151 Å². The van der Waals surface area contributed by atoms with Crippen LogP contribution in [0.5, 0.6) is 0 Å². The Morgan fingerprint density at radius 1 is 1.24 bits per heavy atom. The summed E-state index contributed by atoms with van der Waals surface area (Å²) < 4.78 is 5.50. The molecule has 0 heterocycles. The molecule has 0 spiro atoms. The molecule has 2 rings (SSSR count). The predicted octanol–water partition coefficient (Wildman–Crippen LogP) is 4.17. The van der Waals surface area contributed by atoms with Gasteiger partial charge in [0.2, 0.25) is 0 Å². The molecule has 0 saturated heterocycles. The minimum absolute atomic E-state index is 0.0800. The number of ketones is 1. The van der Waals surface area contributed by atoms with E-state index in [0.29, 0.717) is 6.42 Å². The number of carbonyl (C=O) groups excluding carboxylic acids is 2. The van der Waals surface area contributed by atoms with Gasteiger partial charge in [-0.1, -0.05) is 20.8 Å². The van der Waals surface area contributed by atoms with E-state index >= 15 is 0 Å². The number of rotatable bonds is 1. The molecule has 0 bridgehead atoms. The van der Waals surface area contributed by atoms with Gasteiger partial charge in [0.25, 0.3) is 0 Å². The molecule has 140 valence electrons. The zero-order valence-corrected chi connectivity index (χ0v) is 16.7. The number of hydrogen-bond acceptors (Lipinski definition) is 4. The summed E-state index contributed by atoms with van der Waals surface area (Å²) in [7, 11) is 1.79. The van der Waals surface area contributed by atoms with Crippen molar-refractivity contribution in [2.45, 2.75) is 78.9 Å². The summed E-state index contributed by atoms with van der Waals surface area (Å²) in [6.45, 7) is 11.8. The van der Waals surface area contributed by atoms with Crippen molar-refractivity contribution in [2.75, 3.05) is 7.05 Å². The van der Waals surface area contributed by atoms with Gasteiger partial charge >= 0.3 is 6.09 Å². The van der Waals surface area contributed by atoms with Crippen LogP contribution in [0.3, 0.4) is 0 Å². The van der Waals surface area contributed by atoms with Crippen molar-refractivity contribution in [3.05, 3.63) is 0 Å². The molecule has 0 aromatic carbocycles. The number of ether oxygens (including phenoxy) is 1. The number of carbonyl (C=O) groups is 2. The highest BCUT2D eigenvalue weighted by molar-refractivity contribution is 5.89. The van der Waals surface area contributed by atoms with Crippen LogP contribution < -0.4 is 0 Å². The summed E-state index contributed by atoms with van der Waals surface area (Å²) in [5, 5.41) is 9.43. The highest BCUT2D eigenvalue weighted by Crippen LogP contribution is 2.58. The Kier molecular flexibility index (Phi) is 4.98. The summed E-state index contributed by atoms with van der Waals surface area (Å²) in [5.41, 5.74) is -1.11. The van der Waals surface area contributed by atoms with E-state index < -0.39 is 16.9 Å². The van der Waals surface area contributed by atoms with Crippen LogP contribution in [0.15, 0.2) is 0 Å². The third-order valence-corrected chi connectivity index (χ3v) is 6.21. The number of amides is 1. The minimum atomic E-state index is -0.540. The van der Waals surface area contributed by atoms with Crippen LogP contribution in [0.2, 0.25) is 0 Å². The fourth-order valence-corrected chi connectivity index (χ4v) is 5.05. The molecule has 4 unspecified atom stereocenters. The Hall–Kier alpha value is -1.57. The Morgan fingerprint density at radius 3 is 2.36 bits per heavy atom. The van der Waals surface area contributed by atoms with Crippen molar-refractivity contribution in [2.24, 2.45) is 22.7 Å². The minimum Gasteiger partial charge on any atom is -0.444 e. The molecule has 2 aliphatic carbocycles. The molecule has 2 aliphatic rings. The quantitative estimate of drug-likeness (QED) is 0.713. The van der Waals surface area contributed by atoms with Crippen molar-refractivity contribution in [3.63, 3.8) is 0 Å². The number of fused-ring (bicyclic) bond motifs is 1. The smallest absolute Gasteiger partial charge is 0.410 e. The van der Waals surface area contributed by atoms with Gasteiger partial charge < -0.3 is 9.64 Å². The molecule has 25 heavy (non-hydrogen) atoms. The molecule has 5 heteroatoms.